The minimum Gasteiger partial charge on any atom is -0.444 e. The molecule has 0 saturated carbocycles. The van der Waals surface area contributed by atoms with E-state index >= 15 is 0 Å². The van der Waals surface area contributed by atoms with Crippen molar-refractivity contribution < 1.29 is 14.3 Å². The van der Waals surface area contributed by atoms with Crippen LogP contribution in [0.4, 0.5) is 10.7 Å². The lowest BCUT2D eigenvalue weighted by molar-refractivity contribution is -0.138. The number of rotatable bonds is 5. The van der Waals surface area contributed by atoms with Gasteiger partial charge in [0, 0.05) is 43.7 Å². The largest absolute Gasteiger partial charge is 0.444 e. The fourth-order valence-corrected chi connectivity index (χ4v) is 5.69. The first kappa shape index (κ1) is 28.9. The molecule has 0 spiro atoms. The normalized spacial score (nSPS) is 18.2. The molecule has 1 N–H and O–H groups in total. The van der Waals surface area contributed by atoms with Gasteiger partial charge in [0.1, 0.15) is 5.60 Å². The predicted octanol–water partition coefficient (Wildman–Crippen LogP) is 6.51. The van der Waals surface area contributed by atoms with E-state index in [0.29, 0.717) is 49.1 Å². The lowest BCUT2D eigenvalue weighted by Gasteiger charge is -2.38. The number of amides is 2. The van der Waals surface area contributed by atoms with Gasteiger partial charge in [-0.3, -0.25) is 4.79 Å². The molecule has 2 aliphatic rings. The molecule has 3 aromatic rings. The third-order valence-electron chi connectivity index (χ3n) is 7.55. The van der Waals surface area contributed by atoms with E-state index in [2.05, 4.69) is 34.6 Å². The minimum absolute atomic E-state index is 0.0410. The summed E-state index contributed by atoms with van der Waals surface area (Å²) in [6.45, 7) is 7.99. The van der Waals surface area contributed by atoms with Gasteiger partial charge in [0.25, 0.3) is 0 Å². The molecular formula is C32H38ClN5O3. The van der Waals surface area contributed by atoms with Gasteiger partial charge >= 0.3 is 6.09 Å². The van der Waals surface area contributed by atoms with Gasteiger partial charge in [0.15, 0.2) is 0 Å². The Morgan fingerprint density at radius 3 is 2.37 bits per heavy atom. The summed E-state index contributed by atoms with van der Waals surface area (Å²) in [5.41, 5.74) is 3.27. The summed E-state index contributed by atoms with van der Waals surface area (Å²) in [4.78, 5) is 38.7. The number of ether oxygens (including phenoxy) is 1. The van der Waals surface area contributed by atoms with E-state index in [1.165, 1.54) is 0 Å². The summed E-state index contributed by atoms with van der Waals surface area (Å²) in [6, 6.07) is 18.4. The average molecular weight is 576 g/mol. The van der Waals surface area contributed by atoms with Crippen LogP contribution in [0.2, 0.25) is 5.02 Å². The lowest BCUT2D eigenvalue weighted by Crippen LogP contribution is -2.50. The van der Waals surface area contributed by atoms with Gasteiger partial charge in [-0.2, -0.15) is 0 Å². The van der Waals surface area contributed by atoms with Crippen LogP contribution in [0.5, 0.6) is 0 Å². The first-order valence-corrected chi connectivity index (χ1v) is 14.8. The van der Waals surface area contributed by atoms with Crippen LogP contribution in [-0.2, 0) is 9.53 Å². The molecule has 2 saturated heterocycles. The Bertz CT molecular complexity index is 1370. The van der Waals surface area contributed by atoms with Crippen molar-refractivity contribution in [3.8, 4) is 22.4 Å². The number of nitrogens with zero attached hydrogens (tertiary/aromatic N) is 4. The predicted molar refractivity (Wildman–Crippen MR) is 162 cm³/mol. The first-order chi connectivity index (χ1) is 19.7. The highest BCUT2D eigenvalue weighted by Gasteiger charge is 2.34. The van der Waals surface area contributed by atoms with Gasteiger partial charge in [0.2, 0.25) is 11.9 Å². The van der Waals surface area contributed by atoms with Crippen LogP contribution in [0.3, 0.4) is 0 Å². The zero-order valence-corrected chi connectivity index (χ0v) is 24.7. The Balaban J connectivity index is 1.20. The summed E-state index contributed by atoms with van der Waals surface area (Å²) < 4.78 is 5.49. The van der Waals surface area contributed by atoms with Crippen molar-refractivity contribution >= 4 is 29.5 Å². The van der Waals surface area contributed by atoms with E-state index < -0.39 is 5.60 Å². The van der Waals surface area contributed by atoms with E-state index in [9.17, 15) is 9.59 Å². The smallest absolute Gasteiger partial charge is 0.410 e. The van der Waals surface area contributed by atoms with Gasteiger partial charge in [-0.05, 0) is 63.6 Å². The zero-order chi connectivity index (χ0) is 29.0. The number of carbonyl (C=O) groups excluding carboxylic acids is 2. The molecule has 2 fully saturated rings. The van der Waals surface area contributed by atoms with Gasteiger partial charge in [-0.15, -0.1) is 0 Å². The van der Waals surface area contributed by atoms with Crippen LogP contribution in [0.25, 0.3) is 22.4 Å². The molecule has 2 amide bonds. The van der Waals surface area contributed by atoms with Crippen LogP contribution in [-0.4, -0.2) is 69.6 Å². The Kier molecular flexibility index (Phi) is 8.78. The second kappa shape index (κ2) is 12.5. The highest BCUT2D eigenvalue weighted by molar-refractivity contribution is 6.32. The maximum atomic E-state index is 13.4. The SMILES string of the molecule is CC(C)(C)OC(=O)N1CCC(C(=O)N2CCC[C@H](Nc3ncc(Cl)c(-c4cccc(-c5ccccc5)c4)n3)C2)CC1. The maximum Gasteiger partial charge on any atom is 0.410 e. The highest BCUT2D eigenvalue weighted by Crippen LogP contribution is 2.31. The quantitative estimate of drug-likeness (QED) is 0.373. The molecule has 41 heavy (non-hydrogen) atoms. The molecule has 0 bridgehead atoms. The third-order valence-corrected chi connectivity index (χ3v) is 7.83. The molecule has 216 valence electrons. The number of hydrogen-bond acceptors (Lipinski definition) is 6. The van der Waals surface area contributed by atoms with E-state index in [1.807, 2.05) is 56.0 Å². The van der Waals surface area contributed by atoms with Crippen molar-refractivity contribution in [2.45, 2.75) is 58.1 Å². The maximum absolute atomic E-state index is 13.4. The second-order valence-corrected chi connectivity index (χ2v) is 12.3. The number of carbonyl (C=O) groups is 2. The van der Waals surface area contributed by atoms with Crippen LogP contribution < -0.4 is 5.32 Å². The average Bonchev–Trinajstić information content (AvgIpc) is 2.97. The van der Waals surface area contributed by atoms with Crippen molar-refractivity contribution in [1.29, 1.82) is 0 Å². The van der Waals surface area contributed by atoms with E-state index in [-0.39, 0.29) is 24.0 Å². The Morgan fingerprint density at radius 1 is 0.927 bits per heavy atom. The molecule has 0 aliphatic carbocycles. The van der Waals surface area contributed by atoms with Crippen molar-refractivity contribution in [2.24, 2.45) is 5.92 Å². The zero-order valence-electron chi connectivity index (χ0n) is 24.0. The molecule has 0 radical (unpaired) electrons. The third kappa shape index (κ3) is 7.36. The van der Waals surface area contributed by atoms with E-state index in [0.717, 1.165) is 36.1 Å². The Morgan fingerprint density at radius 2 is 1.63 bits per heavy atom. The van der Waals surface area contributed by atoms with Crippen LogP contribution >= 0.6 is 11.6 Å². The topological polar surface area (TPSA) is 87.7 Å². The molecule has 5 rings (SSSR count). The summed E-state index contributed by atoms with van der Waals surface area (Å²) in [5.74, 6) is 0.581. The van der Waals surface area contributed by atoms with Crippen molar-refractivity contribution in [3.63, 3.8) is 0 Å². The highest BCUT2D eigenvalue weighted by atomic mass is 35.5. The molecule has 0 unspecified atom stereocenters. The number of anilines is 1. The van der Waals surface area contributed by atoms with Gasteiger partial charge in [-0.25, -0.2) is 14.8 Å². The van der Waals surface area contributed by atoms with Crippen molar-refractivity contribution in [3.05, 3.63) is 65.8 Å². The van der Waals surface area contributed by atoms with E-state index in [4.69, 9.17) is 21.3 Å². The molecule has 8 nitrogen and oxygen atoms in total. The summed E-state index contributed by atoms with van der Waals surface area (Å²) in [5, 5.41) is 3.94. The van der Waals surface area contributed by atoms with Gasteiger partial charge in [-0.1, -0.05) is 60.1 Å². The second-order valence-electron chi connectivity index (χ2n) is 11.8. The molecule has 1 atom stereocenters. The number of nitrogens with one attached hydrogen (secondary N) is 1. The number of benzene rings is 2. The van der Waals surface area contributed by atoms with Crippen LogP contribution in [0.15, 0.2) is 60.8 Å². The minimum atomic E-state index is -0.527. The summed E-state index contributed by atoms with van der Waals surface area (Å²) >= 11 is 6.55. The monoisotopic (exact) mass is 575 g/mol. The fraction of sp³-hybridized carbons (Fsp3) is 0.438. The molecule has 2 aromatic carbocycles. The van der Waals surface area contributed by atoms with Crippen molar-refractivity contribution in [2.75, 3.05) is 31.5 Å². The Hall–Kier alpha value is -3.65. The summed E-state index contributed by atoms with van der Waals surface area (Å²) in [6.07, 6.45) is 4.45. The standard InChI is InChI=1S/C32H38ClN5O3/c1-32(2,3)41-31(40)37-17-14-23(15-18-37)29(39)38-16-8-13-26(21-38)35-30-34-20-27(33)28(36-30)25-12-7-11-24(19-25)22-9-5-4-6-10-22/h4-7,9-12,19-20,23,26H,8,13-18,21H2,1-3H3,(H,34,35,36)/t26-/m0/s1. The number of aromatic nitrogens is 2. The lowest BCUT2D eigenvalue weighted by atomic mass is 9.94. The first-order valence-electron chi connectivity index (χ1n) is 14.4. The van der Waals surface area contributed by atoms with Gasteiger partial charge < -0.3 is 19.9 Å². The van der Waals surface area contributed by atoms with Crippen LogP contribution in [0.1, 0.15) is 46.5 Å². The molecule has 3 heterocycles. The van der Waals surface area contributed by atoms with E-state index in [1.54, 1.807) is 11.1 Å². The molecule has 1 aromatic heterocycles. The summed E-state index contributed by atoms with van der Waals surface area (Å²) in [7, 11) is 0. The van der Waals surface area contributed by atoms with Crippen molar-refractivity contribution in [1.82, 2.24) is 19.8 Å². The van der Waals surface area contributed by atoms with Crippen LogP contribution in [0, 0.1) is 5.92 Å². The van der Waals surface area contributed by atoms with Gasteiger partial charge in [0.05, 0.1) is 16.9 Å². The fourth-order valence-electron chi connectivity index (χ4n) is 5.49. The molecular weight excluding hydrogens is 538 g/mol. The number of likely N-dealkylation sites (tertiary alicyclic amines) is 2. The number of halogens is 1. The number of piperidine rings is 2. The number of hydrogen-bond donors (Lipinski definition) is 1. The molecule has 9 heteroatoms. The Labute approximate surface area is 247 Å². The molecule has 2 aliphatic heterocycles.